The molecular formula is C13H13N3O3. The molecule has 0 spiro atoms. The Bertz CT molecular complexity index is 597. The second kappa shape index (κ2) is 4.08. The number of hydrogen-bond acceptors (Lipinski definition) is 4. The van der Waals surface area contributed by atoms with Crippen LogP contribution in [0.1, 0.15) is 33.6 Å². The van der Waals surface area contributed by atoms with Crippen molar-refractivity contribution in [2.24, 2.45) is 0 Å². The van der Waals surface area contributed by atoms with Crippen LogP contribution in [0.15, 0.2) is 18.2 Å². The standard InChI is InChI=1S/C13H13N3O3/c14-8-4-1-3-7-10(8)13(19)16(12(7)18)9-5-2-6-15-11(9)17/h1,3-4,9H,2,5-6,14H2,(H,15,17)/t9-/m0/s1. The molecule has 19 heavy (non-hydrogen) atoms. The first-order chi connectivity index (χ1) is 9.11. The van der Waals surface area contributed by atoms with Crippen LogP contribution in [-0.2, 0) is 4.79 Å². The molecule has 2 aliphatic heterocycles. The number of benzene rings is 1. The molecule has 0 radical (unpaired) electrons. The Morgan fingerprint density at radius 2 is 2.00 bits per heavy atom. The maximum Gasteiger partial charge on any atom is 0.264 e. The molecule has 0 bridgehead atoms. The summed E-state index contributed by atoms with van der Waals surface area (Å²) in [6.07, 6.45) is 1.25. The number of hydrogen-bond donors (Lipinski definition) is 2. The van der Waals surface area contributed by atoms with Crippen LogP contribution in [0.3, 0.4) is 0 Å². The van der Waals surface area contributed by atoms with Crippen molar-refractivity contribution in [3.63, 3.8) is 0 Å². The molecule has 0 saturated carbocycles. The molecular weight excluding hydrogens is 246 g/mol. The highest BCUT2D eigenvalue weighted by Crippen LogP contribution is 2.30. The lowest BCUT2D eigenvalue weighted by Gasteiger charge is -2.28. The largest absolute Gasteiger partial charge is 0.398 e. The predicted molar refractivity (Wildman–Crippen MR) is 67.4 cm³/mol. The van der Waals surface area contributed by atoms with Gasteiger partial charge in [-0.3, -0.25) is 19.3 Å². The summed E-state index contributed by atoms with van der Waals surface area (Å²) in [4.78, 5) is 37.4. The molecule has 2 aliphatic rings. The molecule has 1 aromatic carbocycles. The summed E-state index contributed by atoms with van der Waals surface area (Å²) in [5.74, 6) is -1.19. The minimum atomic E-state index is -0.722. The second-order valence-electron chi connectivity index (χ2n) is 4.70. The van der Waals surface area contributed by atoms with Gasteiger partial charge in [-0.2, -0.15) is 0 Å². The van der Waals surface area contributed by atoms with Gasteiger partial charge in [0, 0.05) is 12.2 Å². The number of nitrogen functional groups attached to an aromatic ring is 1. The number of nitrogens with one attached hydrogen (secondary N) is 1. The van der Waals surface area contributed by atoms with E-state index in [1.54, 1.807) is 18.2 Å². The van der Waals surface area contributed by atoms with Crippen molar-refractivity contribution in [3.8, 4) is 0 Å². The third-order valence-electron chi connectivity index (χ3n) is 3.55. The molecule has 6 nitrogen and oxygen atoms in total. The SMILES string of the molecule is Nc1cccc2c1C(=O)N([C@H]1CCCNC1=O)C2=O. The Kier molecular flexibility index (Phi) is 2.51. The average Bonchev–Trinajstić information content (AvgIpc) is 2.64. The van der Waals surface area contributed by atoms with E-state index in [1.165, 1.54) is 0 Å². The highest BCUT2D eigenvalue weighted by molar-refractivity contribution is 6.24. The van der Waals surface area contributed by atoms with E-state index in [-0.39, 0.29) is 22.7 Å². The Morgan fingerprint density at radius 1 is 1.21 bits per heavy atom. The zero-order valence-corrected chi connectivity index (χ0v) is 10.2. The summed E-state index contributed by atoms with van der Waals surface area (Å²) in [6.45, 7) is 0.584. The third-order valence-corrected chi connectivity index (χ3v) is 3.55. The molecule has 1 aromatic rings. The number of nitrogens with two attached hydrogens (primary N) is 1. The topological polar surface area (TPSA) is 92.5 Å². The zero-order valence-electron chi connectivity index (χ0n) is 10.2. The highest BCUT2D eigenvalue weighted by Gasteiger charge is 2.44. The third kappa shape index (κ3) is 1.60. The molecule has 1 atom stereocenters. The maximum atomic E-state index is 12.3. The molecule has 6 heteroatoms. The van der Waals surface area contributed by atoms with Crippen LogP contribution >= 0.6 is 0 Å². The van der Waals surface area contributed by atoms with Crippen molar-refractivity contribution < 1.29 is 14.4 Å². The van der Waals surface area contributed by atoms with Gasteiger partial charge in [-0.25, -0.2) is 0 Å². The Balaban J connectivity index is 2.03. The van der Waals surface area contributed by atoms with Crippen molar-refractivity contribution in [1.29, 1.82) is 0 Å². The summed E-state index contributed by atoms with van der Waals surface area (Å²) in [7, 11) is 0. The summed E-state index contributed by atoms with van der Waals surface area (Å²) < 4.78 is 0. The Labute approximate surface area is 109 Å². The van der Waals surface area contributed by atoms with Gasteiger partial charge in [0.1, 0.15) is 6.04 Å². The zero-order chi connectivity index (χ0) is 13.6. The van der Waals surface area contributed by atoms with Crippen molar-refractivity contribution >= 4 is 23.4 Å². The number of carbonyl (C=O) groups is 3. The molecule has 98 valence electrons. The summed E-state index contributed by atoms with van der Waals surface area (Å²) in [6, 6.07) is 4.05. The average molecular weight is 259 g/mol. The van der Waals surface area contributed by atoms with Gasteiger partial charge in [0.25, 0.3) is 11.8 Å². The predicted octanol–water partition coefficient (Wildman–Crippen LogP) is 0.143. The fourth-order valence-corrected chi connectivity index (χ4v) is 2.61. The Hall–Kier alpha value is -2.37. The first kappa shape index (κ1) is 11.7. The van der Waals surface area contributed by atoms with E-state index in [2.05, 4.69) is 5.32 Å². The number of anilines is 1. The van der Waals surface area contributed by atoms with Crippen LogP contribution in [0.5, 0.6) is 0 Å². The van der Waals surface area contributed by atoms with E-state index in [0.29, 0.717) is 13.0 Å². The van der Waals surface area contributed by atoms with Crippen molar-refractivity contribution in [3.05, 3.63) is 29.3 Å². The van der Waals surface area contributed by atoms with E-state index in [0.717, 1.165) is 11.3 Å². The smallest absolute Gasteiger partial charge is 0.264 e. The summed E-state index contributed by atoms with van der Waals surface area (Å²) in [5, 5.41) is 2.68. The van der Waals surface area contributed by atoms with Crippen LogP contribution in [-0.4, -0.2) is 35.2 Å². The minimum absolute atomic E-state index is 0.214. The van der Waals surface area contributed by atoms with Gasteiger partial charge in [0.15, 0.2) is 0 Å². The molecule has 1 fully saturated rings. The van der Waals surface area contributed by atoms with Crippen LogP contribution in [0.2, 0.25) is 0 Å². The van der Waals surface area contributed by atoms with Gasteiger partial charge in [-0.15, -0.1) is 0 Å². The van der Waals surface area contributed by atoms with Crippen molar-refractivity contribution in [1.82, 2.24) is 10.2 Å². The van der Waals surface area contributed by atoms with Crippen molar-refractivity contribution in [2.75, 3.05) is 12.3 Å². The van der Waals surface area contributed by atoms with Crippen LogP contribution < -0.4 is 11.1 Å². The van der Waals surface area contributed by atoms with E-state index < -0.39 is 17.9 Å². The van der Waals surface area contributed by atoms with E-state index in [9.17, 15) is 14.4 Å². The van der Waals surface area contributed by atoms with Gasteiger partial charge in [-0.05, 0) is 25.0 Å². The highest BCUT2D eigenvalue weighted by atomic mass is 16.2. The lowest BCUT2D eigenvalue weighted by Crippen LogP contribution is -2.52. The quantitative estimate of drug-likeness (QED) is 0.554. The number of rotatable bonds is 1. The molecule has 1 saturated heterocycles. The van der Waals surface area contributed by atoms with Gasteiger partial charge in [-0.1, -0.05) is 6.07 Å². The van der Waals surface area contributed by atoms with Gasteiger partial charge < -0.3 is 11.1 Å². The van der Waals surface area contributed by atoms with Crippen LogP contribution in [0.25, 0.3) is 0 Å². The normalized spacial score (nSPS) is 22.4. The molecule has 3 rings (SSSR count). The molecule has 0 aromatic heterocycles. The van der Waals surface area contributed by atoms with Crippen LogP contribution in [0.4, 0.5) is 5.69 Å². The number of amides is 3. The molecule has 0 aliphatic carbocycles. The second-order valence-corrected chi connectivity index (χ2v) is 4.70. The van der Waals surface area contributed by atoms with E-state index in [4.69, 9.17) is 5.73 Å². The van der Waals surface area contributed by atoms with Gasteiger partial charge in [0.05, 0.1) is 11.1 Å². The first-order valence-corrected chi connectivity index (χ1v) is 6.15. The molecule has 2 heterocycles. The number of piperidine rings is 1. The van der Waals surface area contributed by atoms with Crippen LogP contribution in [0, 0.1) is 0 Å². The number of carbonyl (C=O) groups excluding carboxylic acids is 3. The molecule has 3 N–H and O–H groups in total. The number of nitrogens with zero attached hydrogens (tertiary/aromatic N) is 1. The fraction of sp³-hybridized carbons (Fsp3) is 0.308. The fourth-order valence-electron chi connectivity index (χ4n) is 2.61. The maximum absolute atomic E-state index is 12.3. The lowest BCUT2D eigenvalue weighted by atomic mass is 10.1. The van der Waals surface area contributed by atoms with Crippen molar-refractivity contribution in [2.45, 2.75) is 18.9 Å². The van der Waals surface area contributed by atoms with Gasteiger partial charge >= 0.3 is 0 Å². The van der Waals surface area contributed by atoms with E-state index in [1.807, 2.05) is 0 Å². The number of fused-ring (bicyclic) bond motifs is 1. The molecule has 3 amide bonds. The van der Waals surface area contributed by atoms with Gasteiger partial charge in [0.2, 0.25) is 5.91 Å². The molecule has 0 unspecified atom stereocenters. The lowest BCUT2D eigenvalue weighted by molar-refractivity contribution is -0.126. The monoisotopic (exact) mass is 259 g/mol. The van der Waals surface area contributed by atoms with E-state index >= 15 is 0 Å². The first-order valence-electron chi connectivity index (χ1n) is 6.15. The number of imide groups is 1. The minimum Gasteiger partial charge on any atom is -0.398 e. The summed E-state index contributed by atoms with van der Waals surface area (Å²) >= 11 is 0. The Morgan fingerprint density at radius 3 is 2.68 bits per heavy atom. The summed E-state index contributed by atoms with van der Waals surface area (Å²) in [5.41, 5.74) is 6.52.